The molecule has 0 aliphatic rings. The van der Waals surface area contributed by atoms with Crippen LogP contribution in [0.5, 0.6) is 0 Å². The molecule has 0 saturated carbocycles. The molecule has 0 aromatic carbocycles. The number of nitrogens with two attached hydrogens (primary N) is 1. The van der Waals surface area contributed by atoms with Gasteiger partial charge in [-0.25, -0.2) is 9.97 Å². The van der Waals surface area contributed by atoms with Crippen LogP contribution in [0.3, 0.4) is 0 Å². The number of nitrogens with zero attached hydrogens (tertiary/aromatic N) is 2. The maximum Gasteiger partial charge on any atom is 0.134 e. The molecule has 0 aliphatic heterocycles. The molecule has 0 fully saturated rings. The summed E-state index contributed by atoms with van der Waals surface area (Å²) in [5.41, 5.74) is 6.89. The molecule has 0 aliphatic carbocycles. The van der Waals surface area contributed by atoms with Gasteiger partial charge in [0, 0.05) is 12.1 Å². The molecule has 102 valence electrons. The highest BCUT2D eigenvalue weighted by Crippen LogP contribution is 2.19. The van der Waals surface area contributed by atoms with Crippen LogP contribution in [0.2, 0.25) is 0 Å². The Morgan fingerprint density at radius 3 is 2.67 bits per heavy atom. The summed E-state index contributed by atoms with van der Waals surface area (Å²) in [5, 5.41) is 3.43. The van der Waals surface area contributed by atoms with E-state index in [4.69, 9.17) is 5.73 Å². The first-order valence-electron chi connectivity index (χ1n) is 7.06. The van der Waals surface area contributed by atoms with Crippen LogP contribution in [0.15, 0.2) is 6.33 Å². The zero-order valence-corrected chi connectivity index (χ0v) is 11.9. The Balaban J connectivity index is 2.59. The minimum Gasteiger partial charge on any atom is -0.383 e. The summed E-state index contributed by atoms with van der Waals surface area (Å²) in [6.45, 7) is 7.53. The Labute approximate surface area is 110 Å². The van der Waals surface area contributed by atoms with Crippen molar-refractivity contribution in [1.29, 1.82) is 0 Å². The minimum absolute atomic E-state index is 0.594. The second-order valence-corrected chi connectivity index (χ2v) is 4.74. The SMILES string of the molecule is CCCCC(CC)CNc1ncnc(N)c1CC. The number of anilines is 2. The van der Waals surface area contributed by atoms with E-state index in [1.165, 1.54) is 32.0 Å². The molecule has 1 heterocycles. The number of hydrogen-bond acceptors (Lipinski definition) is 4. The molecule has 1 aromatic rings. The van der Waals surface area contributed by atoms with Gasteiger partial charge in [-0.05, 0) is 18.8 Å². The van der Waals surface area contributed by atoms with E-state index in [1.807, 2.05) is 0 Å². The van der Waals surface area contributed by atoms with E-state index in [0.717, 1.165) is 24.3 Å². The summed E-state index contributed by atoms with van der Waals surface area (Å²) in [7, 11) is 0. The van der Waals surface area contributed by atoms with E-state index in [9.17, 15) is 0 Å². The van der Waals surface area contributed by atoms with Gasteiger partial charge in [-0.2, -0.15) is 0 Å². The van der Waals surface area contributed by atoms with Crippen LogP contribution >= 0.6 is 0 Å². The average Bonchev–Trinajstić information content (AvgIpc) is 2.39. The smallest absolute Gasteiger partial charge is 0.134 e. The van der Waals surface area contributed by atoms with Gasteiger partial charge >= 0.3 is 0 Å². The molecule has 1 atom stereocenters. The molecular formula is C14H26N4. The lowest BCUT2D eigenvalue weighted by Crippen LogP contribution is -2.16. The molecule has 1 rings (SSSR count). The van der Waals surface area contributed by atoms with Gasteiger partial charge in [0.25, 0.3) is 0 Å². The quantitative estimate of drug-likeness (QED) is 0.743. The molecule has 3 N–H and O–H groups in total. The molecule has 4 heteroatoms. The minimum atomic E-state index is 0.594. The second kappa shape index (κ2) is 7.90. The van der Waals surface area contributed by atoms with Crippen molar-refractivity contribution in [3.05, 3.63) is 11.9 Å². The molecule has 0 spiro atoms. The monoisotopic (exact) mass is 250 g/mol. The maximum absolute atomic E-state index is 5.86. The summed E-state index contributed by atoms with van der Waals surface area (Å²) in [4.78, 5) is 8.33. The van der Waals surface area contributed by atoms with Crippen LogP contribution in [-0.2, 0) is 6.42 Å². The summed E-state index contributed by atoms with van der Waals surface area (Å²) in [6, 6.07) is 0. The standard InChI is InChI=1S/C14H26N4/c1-4-7-8-11(5-2)9-16-14-12(6-3)13(15)17-10-18-14/h10-11H,4-9H2,1-3H3,(H3,15,16,17,18). The highest BCUT2D eigenvalue weighted by Gasteiger charge is 2.10. The Morgan fingerprint density at radius 2 is 2.06 bits per heavy atom. The molecule has 1 aromatic heterocycles. The van der Waals surface area contributed by atoms with Gasteiger partial charge in [-0.15, -0.1) is 0 Å². The van der Waals surface area contributed by atoms with E-state index >= 15 is 0 Å². The molecule has 4 nitrogen and oxygen atoms in total. The topological polar surface area (TPSA) is 63.8 Å². The third kappa shape index (κ3) is 4.17. The molecule has 0 saturated heterocycles. The van der Waals surface area contributed by atoms with Crippen molar-refractivity contribution < 1.29 is 0 Å². The number of nitrogen functional groups attached to an aromatic ring is 1. The van der Waals surface area contributed by atoms with Crippen molar-refractivity contribution >= 4 is 11.6 Å². The molecule has 1 unspecified atom stereocenters. The third-order valence-electron chi connectivity index (χ3n) is 3.43. The lowest BCUT2D eigenvalue weighted by Gasteiger charge is -2.17. The zero-order chi connectivity index (χ0) is 13.4. The number of hydrogen-bond donors (Lipinski definition) is 2. The first kappa shape index (κ1) is 14.7. The van der Waals surface area contributed by atoms with E-state index in [1.54, 1.807) is 0 Å². The molecular weight excluding hydrogens is 224 g/mol. The van der Waals surface area contributed by atoms with Gasteiger partial charge in [0.2, 0.25) is 0 Å². The molecule has 0 bridgehead atoms. The van der Waals surface area contributed by atoms with Gasteiger partial charge in [-0.3, -0.25) is 0 Å². The predicted molar refractivity (Wildman–Crippen MR) is 77.6 cm³/mol. The normalized spacial score (nSPS) is 12.4. The zero-order valence-electron chi connectivity index (χ0n) is 11.9. The lowest BCUT2D eigenvalue weighted by molar-refractivity contribution is 0.472. The first-order chi connectivity index (χ1) is 8.72. The van der Waals surface area contributed by atoms with Crippen molar-refractivity contribution in [2.24, 2.45) is 5.92 Å². The number of aromatic nitrogens is 2. The second-order valence-electron chi connectivity index (χ2n) is 4.74. The van der Waals surface area contributed by atoms with E-state index in [0.29, 0.717) is 11.7 Å². The Kier molecular flexibility index (Phi) is 6.47. The summed E-state index contributed by atoms with van der Waals surface area (Å²) < 4.78 is 0. The summed E-state index contributed by atoms with van der Waals surface area (Å²) >= 11 is 0. The lowest BCUT2D eigenvalue weighted by atomic mass is 9.99. The van der Waals surface area contributed by atoms with Gasteiger partial charge < -0.3 is 11.1 Å². The van der Waals surface area contributed by atoms with Gasteiger partial charge in [0.15, 0.2) is 0 Å². The summed E-state index contributed by atoms with van der Waals surface area (Å²) in [6.07, 6.45) is 7.44. The van der Waals surface area contributed by atoms with Crippen molar-refractivity contribution in [2.45, 2.75) is 52.9 Å². The Morgan fingerprint density at radius 1 is 1.28 bits per heavy atom. The number of rotatable bonds is 8. The fourth-order valence-electron chi connectivity index (χ4n) is 2.11. The summed E-state index contributed by atoms with van der Waals surface area (Å²) in [5.74, 6) is 2.21. The molecule has 18 heavy (non-hydrogen) atoms. The van der Waals surface area contributed by atoms with E-state index in [-0.39, 0.29) is 0 Å². The number of nitrogens with one attached hydrogen (secondary N) is 1. The van der Waals surface area contributed by atoms with Crippen molar-refractivity contribution in [3.8, 4) is 0 Å². The average molecular weight is 250 g/mol. The maximum atomic E-state index is 5.86. The van der Waals surface area contributed by atoms with E-state index < -0.39 is 0 Å². The van der Waals surface area contributed by atoms with Gasteiger partial charge in [-0.1, -0.05) is 40.0 Å². The largest absolute Gasteiger partial charge is 0.383 e. The number of unbranched alkanes of at least 4 members (excludes halogenated alkanes) is 1. The Hall–Kier alpha value is -1.32. The molecule has 0 amide bonds. The van der Waals surface area contributed by atoms with Crippen LogP contribution in [0.1, 0.15) is 52.0 Å². The van der Waals surface area contributed by atoms with Gasteiger partial charge in [0.05, 0.1) is 0 Å². The third-order valence-corrected chi connectivity index (χ3v) is 3.43. The van der Waals surface area contributed by atoms with Crippen LogP contribution < -0.4 is 11.1 Å². The Bertz CT molecular complexity index is 352. The van der Waals surface area contributed by atoms with Crippen LogP contribution in [0.25, 0.3) is 0 Å². The fourth-order valence-corrected chi connectivity index (χ4v) is 2.11. The van der Waals surface area contributed by atoms with Crippen LogP contribution in [0.4, 0.5) is 11.6 Å². The molecule has 0 radical (unpaired) electrons. The predicted octanol–water partition coefficient (Wildman–Crippen LogP) is 3.25. The van der Waals surface area contributed by atoms with Crippen LogP contribution in [-0.4, -0.2) is 16.5 Å². The highest BCUT2D eigenvalue weighted by atomic mass is 15.0. The first-order valence-corrected chi connectivity index (χ1v) is 7.06. The van der Waals surface area contributed by atoms with Crippen molar-refractivity contribution in [2.75, 3.05) is 17.6 Å². The fraction of sp³-hybridized carbons (Fsp3) is 0.714. The van der Waals surface area contributed by atoms with Crippen LogP contribution in [0, 0.1) is 5.92 Å². The van der Waals surface area contributed by atoms with Crippen molar-refractivity contribution in [1.82, 2.24) is 9.97 Å². The van der Waals surface area contributed by atoms with Gasteiger partial charge in [0.1, 0.15) is 18.0 Å². The van der Waals surface area contributed by atoms with Crippen molar-refractivity contribution in [3.63, 3.8) is 0 Å². The highest BCUT2D eigenvalue weighted by molar-refractivity contribution is 5.54. The van der Waals surface area contributed by atoms with E-state index in [2.05, 4.69) is 36.1 Å².